The van der Waals surface area contributed by atoms with E-state index in [1.54, 1.807) is 12.4 Å². The second-order valence-corrected chi connectivity index (χ2v) is 6.83. The Hall–Kier alpha value is -1.38. The van der Waals surface area contributed by atoms with Crippen molar-refractivity contribution in [2.45, 2.75) is 57.9 Å². The zero-order chi connectivity index (χ0) is 14.7. The maximum Gasteiger partial charge on any atom is 0.223 e. The Labute approximate surface area is 127 Å². The third kappa shape index (κ3) is 3.45. The summed E-state index contributed by atoms with van der Waals surface area (Å²) in [5, 5.41) is 0. The molecule has 0 bridgehead atoms. The Balaban J connectivity index is 1.58. The third-order valence-electron chi connectivity index (χ3n) is 5.28. The topological polar surface area (TPSA) is 33.2 Å². The van der Waals surface area contributed by atoms with Gasteiger partial charge in [0.15, 0.2) is 0 Å². The molecular formula is C18H26N2O. The van der Waals surface area contributed by atoms with Crippen LogP contribution in [-0.4, -0.2) is 28.4 Å². The first kappa shape index (κ1) is 14.6. The van der Waals surface area contributed by atoms with E-state index >= 15 is 0 Å². The molecule has 1 aliphatic carbocycles. The first-order valence-corrected chi connectivity index (χ1v) is 8.42. The summed E-state index contributed by atoms with van der Waals surface area (Å²) in [5.74, 6) is 1.96. The Morgan fingerprint density at radius 3 is 2.90 bits per heavy atom. The number of hydrogen-bond acceptors (Lipinski definition) is 2. The lowest BCUT2D eigenvalue weighted by molar-refractivity contribution is -0.137. The predicted molar refractivity (Wildman–Crippen MR) is 83.8 cm³/mol. The predicted octanol–water partition coefficient (Wildman–Crippen LogP) is 3.44. The number of fused-ring (bicyclic) bond motifs is 1. The van der Waals surface area contributed by atoms with Gasteiger partial charge in [0.1, 0.15) is 0 Å². The molecule has 0 aromatic carbocycles. The van der Waals surface area contributed by atoms with Crippen LogP contribution in [0.4, 0.5) is 0 Å². The normalized spacial score (nSPS) is 29.0. The summed E-state index contributed by atoms with van der Waals surface area (Å²) in [6, 6.07) is 4.54. The maximum absolute atomic E-state index is 12.6. The number of nitrogens with zero attached hydrogens (tertiary/aromatic N) is 2. The molecule has 2 aliphatic rings. The van der Waals surface area contributed by atoms with Gasteiger partial charge < -0.3 is 4.90 Å². The number of aryl methyl sites for hydroxylation is 1. The molecule has 1 amide bonds. The van der Waals surface area contributed by atoms with E-state index in [9.17, 15) is 4.79 Å². The van der Waals surface area contributed by atoms with Crippen molar-refractivity contribution in [1.29, 1.82) is 0 Å². The molecule has 2 fully saturated rings. The van der Waals surface area contributed by atoms with Crippen LogP contribution in [0.15, 0.2) is 24.5 Å². The molecule has 1 aromatic rings. The highest BCUT2D eigenvalue weighted by Gasteiger charge is 2.37. The number of amides is 1. The van der Waals surface area contributed by atoms with Crippen LogP contribution in [0.25, 0.3) is 0 Å². The van der Waals surface area contributed by atoms with Crippen molar-refractivity contribution < 1.29 is 4.79 Å². The van der Waals surface area contributed by atoms with Gasteiger partial charge in [-0.3, -0.25) is 9.78 Å². The SMILES string of the molecule is C[C@@H]1CC[C@@H]2[C@H](CCCN2C(=O)CCc2ccncc2)C1. The van der Waals surface area contributed by atoms with Gasteiger partial charge in [-0.1, -0.05) is 6.92 Å². The van der Waals surface area contributed by atoms with Crippen LogP contribution in [0.2, 0.25) is 0 Å². The molecule has 21 heavy (non-hydrogen) atoms. The second-order valence-electron chi connectivity index (χ2n) is 6.83. The largest absolute Gasteiger partial charge is 0.339 e. The third-order valence-corrected chi connectivity index (χ3v) is 5.28. The first-order chi connectivity index (χ1) is 10.2. The molecule has 3 rings (SSSR count). The van der Waals surface area contributed by atoms with Gasteiger partial charge in [-0.15, -0.1) is 0 Å². The molecule has 3 nitrogen and oxygen atoms in total. The van der Waals surface area contributed by atoms with E-state index in [0.717, 1.165) is 24.8 Å². The highest BCUT2D eigenvalue weighted by molar-refractivity contribution is 5.77. The summed E-state index contributed by atoms with van der Waals surface area (Å²) in [6.45, 7) is 3.34. The standard InChI is InChI=1S/C18H26N2O/c1-14-4-6-17-16(13-14)3-2-12-20(17)18(21)7-5-15-8-10-19-11-9-15/h8-11,14,16-17H,2-7,12-13H2,1H3/t14-,16-,17-/m1/s1. The van der Waals surface area contributed by atoms with Crippen LogP contribution < -0.4 is 0 Å². The van der Waals surface area contributed by atoms with E-state index in [2.05, 4.69) is 16.8 Å². The summed E-state index contributed by atoms with van der Waals surface area (Å²) >= 11 is 0. The fourth-order valence-corrected chi connectivity index (χ4v) is 4.15. The summed E-state index contributed by atoms with van der Waals surface area (Å²) in [5.41, 5.74) is 1.21. The van der Waals surface area contributed by atoms with Gasteiger partial charge in [-0.2, -0.15) is 0 Å². The molecule has 0 spiro atoms. The molecule has 1 saturated heterocycles. The van der Waals surface area contributed by atoms with Crippen LogP contribution in [0.1, 0.15) is 51.0 Å². The van der Waals surface area contributed by atoms with Crippen LogP contribution in [-0.2, 0) is 11.2 Å². The lowest BCUT2D eigenvalue weighted by Gasteiger charge is -2.45. The Morgan fingerprint density at radius 2 is 2.10 bits per heavy atom. The van der Waals surface area contributed by atoms with Gasteiger partial charge in [-0.25, -0.2) is 0 Å². The number of likely N-dealkylation sites (tertiary alicyclic amines) is 1. The van der Waals surface area contributed by atoms with Crippen molar-refractivity contribution in [3.8, 4) is 0 Å². The number of piperidine rings is 1. The number of rotatable bonds is 3. The monoisotopic (exact) mass is 286 g/mol. The summed E-state index contributed by atoms with van der Waals surface area (Å²) in [7, 11) is 0. The number of hydrogen-bond donors (Lipinski definition) is 0. The quantitative estimate of drug-likeness (QED) is 0.852. The van der Waals surface area contributed by atoms with Crippen LogP contribution in [0, 0.1) is 11.8 Å². The Bertz CT molecular complexity index is 473. The molecule has 3 heteroatoms. The zero-order valence-corrected chi connectivity index (χ0v) is 13.0. The highest BCUT2D eigenvalue weighted by Crippen LogP contribution is 2.38. The Kier molecular flexibility index (Phi) is 4.57. The first-order valence-electron chi connectivity index (χ1n) is 8.42. The fraction of sp³-hybridized carbons (Fsp3) is 0.667. The van der Waals surface area contributed by atoms with Gasteiger partial charge in [0.2, 0.25) is 5.91 Å². The summed E-state index contributed by atoms with van der Waals surface area (Å²) < 4.78 is 0. The van der Waals surface area contributed by atoms with E-state index in [1.165, 1.54) is 37.7 Å². The average molecular weight is 286 g/mol. The van der Waals surface area contributed by atoms with E-state index < -0.39 is 0 Å². The molecule has 3 atom stereocenters. The maximum atomic E-state index is 12.6. The van der Waals surface area contributed by atoms with Crippen molar-refractivity contribution in [3.05, 3.63) is 30.1 Å². The fourth-order valence-electron chi connectivity index (χ4n) is 4.15. The van der Waals surface area contributed by atoms with E-state index in [4.69, 9.17) is 0 Å². The van der Waals surface area contributed by atoms with Gasteiger partial charge in [0, 0.05) is 31.4 Å². The zero-order valence-electron chi connectivity index (χ0n) is 13.0. The van der Waals surface area contributed by atoms with Crippen LogP contribution in [0.3, 0.4) is 0 Å². The minimum absolute atomic E-state index is 0.357. The van der Waals surface area contributed by atoms with Crippen LogP contribution in [0.5, 0.6) is 0 Å². The van der Waals surface area contributed by atoms with Gasteiger partial charge in [-0.05, 0) is 68.1 Å². The van der Waals surface area contributed by atoms with Gasteiger partial charge in [0.25, 0.3) is 0 Å². The summed E-state index contributed by atoms with van der Waals surface area (Å²) in [6.07, 6.45) is 11.4. The van der Waals surface area contributed by atoms with Crippen LogP contribution >= 0.6 is 0 Å². The number of carbonyl (C=O) groups excluding carboxylic acids is 1. The molecule has 0 N–H and O–H groups in total. The number of aromatic nitrogens is 1. The number of carbonyl (C=O) groups is 1. The molecule has 1 aromatic heterocycles. The molecule has 1 saturated carbocycles. The molecule has 0 unspecified atom stereocenters. The molecule has 2 heterocycles. The smallest absolute Gasteiger partial charge is 0.223 e. The van der Waals surface area contributed by atoms with E-state index in [1.807, 2.05) is 12.1 Å². The molecule has 1 aliphatic heterocycles. The lowest BCUT2D eigenvalue weighted by atomic mass is 9.74. The summed E-state index contributed by atoms with van der Waals surface area (Å²) in [4.78, 5) is 18.9. The average Bonchev–Trinajstić information content (AvgIpc) is 2.52. The lowest BCUT2D eigenvalue weighted by Crippen LogP contribution is -2.50. The minimum Gasteiger partial charge on any atom is -0.339 e. The van der Waals surface area contributed by atoms with Crippen molar-refractivity contribution >= 4 is 5.91 Å². The van der Waals surface area contributed by atoms with Crippen molar-refractivity contribution in [3.63, 3.8) is 0 Å². The second kappa shape index (κ2) is 6.59. The van der Waals surface area contributed by atoms with Crippen molar-refractivity contribution in [2.75, 3.05) is 6.54 Å². The minimum atomic E-state index is 0.357. The number of pyridine rings is 1. The highest BCUT2D eigenvalue weighted by atomic mass is 16.2. The Morgan fingerprint density at radius 1 is 1.29 bits per heavy atom. The van der Waals surface area contributed by atoms with Gasteiger partial charge >= 0.3 is 0 Å². The van der Waals surface area contributed by atoms with Crippen molar-refractivity contribution in [2.24, 2.45) is 11.8 Å². The van der Waals surface area contributed by atoms with Gasteiger partial charge in [0.05, 0.1) is 0 Å². The van der Waals surface area contributed by atoms with Crippen molar-refractivity contribution in [1.82, 2.24) is 9.88 Å². The molecule has 114 valence electrons. The van der Waals surface area contributed by atoms with E-state index in [-0.39, 0.29) is 0 Å². The molecule has 0 radical (unpaired) electrons. The molecular weight excluding hydrogens is 260 g/mol. The van der Waals surface area contributed by atoms with E-state index in [0.29, 0.717) is 18.4 Å².